The lowest BCUT2D eigenvalue weighted by Gasteiger charge is -2.18. The van der Waals surface area contributed by atoms with Crippen molar-refractivity contribution in [1.29, 1.82) is 0 Å². The molecular weight excluding hydrogens is 464 g/mol. The van der Waals surface area contributed by atoms with Gasteiger partial charge in [0.2, 0.25) is 17.7 Å². The number of amides is 3. The number of nitrogens with one attached hydrogen (secondary N) is 2. The van der Waals surface area contributed by atoms with Crippen LogP contribution in [0.3, 0.4) is 0 Å². The second kappa shape index (κ2) is 16.3. The van der Waals surface area contributed by atoms with Crippen LogP contribution >= 0.6 is 0 Å². The molecule has 11 heteroatoms. The summed E-state index contributed by atoms with van der Waals surface area (Å²) in [5.41, 5.74) is 18.6. The molecule has 0 spiro atoms. The van der Waals surface area contributed by atoms with Crippen LogP contribution in [0.25, 0.3) is 11.1 Å². The summed E-state index contributed by atoms with van der Waals surface area (Å²) >= 11 is 0. The van der Waals surface area contributed by atoms with Crippen LogP contribution in [0.1, 0.15) is 31.7 Å². The van der Waals surface area contributed by atoms with Gasteiger partial charge in [-0.2, -0.15) is 0 Å². The van der Waals surface area contributed by atoms with Crippen molar-refractivity contribution in [3.63, 3.8) is 0 Å². The zero-order valence-electron chi connectivity index (χ0n) is 20.3. The fraction of sp³-hybridized carbons (Fsp3) is 0.320. The maximum absolute atomic E-state index is 12.5. The van der Waals surface area contributed by atoms with Crippen molar-refractivity contribution in [2.45, 2.75) is 38.6 Å². The highest BCUT2D eigenvalue weighted by atomic mass is 16.4. The first kappa shape index (κ1) is 29.6. The number of hydrogen-bond donors (Lipinski definition) is 6. The van der Waals surface area contributed by atoms with Crippen LogP contribution in [-0.2, 0) is 25.6 Å². The van der Waals surface area contributed by atoms with E-state index in [0.717, 1.165) is 16.7 Å². The fourth-order valence-corrected chi connectivity index (χ4v) is 2.92. The molecule has 36 heavy (non-hydrogen) atoms. The standard InChI is InChI=1S/C22H28N6O3.C3H6O2/c23-19(29)14-27-21(31)18(28-20(30)7-4-12-26-22(24)25)13-15-8-10-17(11-9-15)16-5-2-1-3-6-16;1-2-3(4)5/h1-3,5-6,8-11,18H,4,7,12-14H2,(H2,23,29)(H,27,31)(H,28,30)(H4,24,25,26);2H2,1H3,(H,4,5). The van der Waals surface area contributed by atoms with Gasteiger partial charge in [-0.3, -0.25) is 24.2 Å². The Hall–Kier alpha value is -4.41. The number of carbonyl (C=O) groups is 4. The lowest BCUT2D eigenvalue weighted by molar-refractivity contribution is -0.136. The molecular formula is C25H34N6O5. The monoisotopic (exact) mass is 498 g/mol. The minimum Gasteiger partial charge on any atom is -0.481 e. The number of aliphatic imine (C=N–C) groups is 1. The highest BCUT2D eigenvalue weighted by molar-refractivity contribution is 5.90. The topological polar surface area (TPSA) is 203 Å². The summed E-state index contributed by atoms with van der Waals surface area (Å²) in [6, 6.07) is 16.8. The number of hydrogen-bond acceptors (Lipinski definition) is 5. The van der Waals surface area contributed by atoms with Gasteiger partial charge in [0.1, 0.15) is 6.04 Å². The normalized spacial score (nSPS) is 10.7. The first-order valence-corrected chi connectivity index (χ1v) is 11.4. The van der Waals surface area contributed by atoms with Crippen LogP contribution in [0, 0.1) is 0 Å². The van der Waals surface area contributed by atoms with E-state index in [2.05, 4.69) is 15.6 Å². The molecule has 0 aliphatic heterocycles. The number of carboxylic acids is 1. The average Bonchev–Trinajstić information content (AvgIpc) is 2.86. The lowest BCUT2D eigenvalue weighted by atomic mass is 10.00. The quantitative estimate of drug-likeness (QED) is 0.139. The summed E-state index contributed by atoms with van der Waals surface area (Å²) in [6.45, 7) is 1.61. The number of nitrogens with two attached hydrogens (primary N) is 3. The van der Waals surface area contributed by atoms with Gasteiger partial charge in [-0.05, 0) is 23.1 Å². The highest BCUT2D eigenvalue weighted by Gasteiger charge is 2.21. The Labute approximate surface area is 210 Å². The summed E-state index contributed by atoms with van der Waals surface area (Å²) in [5, 5.41) is 12.9. The maximum atomic E-state index is 12.5. The van der Waals surface area contributed by atoms with Gasteiger partial charge >= 0.3 is 5.97 Å². The number of aliphatic carboxylic acids is 1. The summed E-state index contributed by atoms with van der Waals surface area (Å²) < 4.78 is 0. The number of primary amides is 1. The maximum Gasteiger partial charge on any atom is 0.303 e. The van der Waals surface area contributed by atoms with Gasteiger partial charge in [-0.1, -0.05) is 61.5 Å². The molecule has 0 aromatic heterocycles. The summed E-state index contributed by atoms with van der Waals surface area (Å²) in [5.74, 6) is -2.25. The van der Waals surface area contributed by atoms with Gasteiger partial charge in [0.15, 0.2) is 5.96 Å². The third-order valence-electron chi connectivity index (χ3n) is 4.75. The number of carboxylic acid groups (broad SMARTS) is 1. The zero-order valence-corrected chi connectivity index (χ0v) is 20.3. The molecule has 0 radical (unpaired) electrons. The zero-order chi connectivity index (χ0) is 26.9. The SMILES string of the molecule is CCC(=O)O.NC(=O)CNC(=O)C(Cc1ccc(-c2ccccc2)cc1)NC(=O)CCCN=C(N)N. The number of carbonyl (C=O) groups excluding carboxylic acids is 3. The number of guanidine groups is 1. The molecule has 0 saturated carbocycles. The van der Waals surface area contributed by atoms with Gasteiger partial charge in [-0.15, -0.1) is 0 Å². The van der Waals surface area contributed by atoms with Crippen molar-refractivity contribution in [3.05, 3.63) is 60.2 Å². The van der Waals surface area contributed by atoms with E-state index < -0.39 is 23.8 Å². The van der Waals surface area contributed by atoms with Crippen LogP contribution in [0.15, 0.2) is 59.6 Å². The van der Waals surface area contributed by atoms with E-state index in [1.807, 2.05) is 54.6 Å². The lowest BCUT2D eigenvalue weighted by Crippen LogP contribution is -2.49. The van der Waals surface area contributed by atoms with Crippen LogP contribution < -0.4 is 27.8 Å². The first-order valence-electron chi connectivity index (χ1n) is 11.4. The largest absolute Gasteiger partial charge is 0.481 e. The van der Waals surface area contributed by atoms with Gasteiger partial charge in [0.05, 0.1) is 6.54 Å². The second-order valence-corrected chi connectivity index (χ2v) is 7.73. The van der Waals surface area contributed by atoms with E-state index in [1.54, 1.807) is 6.92 Å². The van der Waals surface area contributed by atoms with E-state index in [0.29, 0.717) is 13.0 Å². The Morgan fingerprint density at radius 2 is 1.53 bits per heavy atom. The minimum absolute atomic E-state index is 0.0388. The molecule has 1 atom stereocenters. The van der Waals surface area contributed by atoms with Crippen molar-refractivity contribution in [1.82, 2.24) is 10.6 Å². The average molecular weight is 499 g/mol. The summed E-state index contributed by atoms with van der Waals surface area (Å²) in [6.07, 6.45) is 1.08. The number of benzene rings is 2. The molecule has 0 aliphatic rings. The smallest absolute Gasteiger partial charge is 0.303 e. The molecule has 2 rings (SSSR count). The molecule has 9 N–H and O–H groups in total. The fourth-order valence-electron chi connectivity index (χ4n) is 2.92. The Balaban J connectivity index is 0.00000118. The van der Waals surface area contributed by atoms with E-state index in [1.165, 1.54) is 0 Å². The second-order valence-electron chi connectivity index (χ2n) is 7.73. The van der Waals surface area contributed by atoms with Crippen molar-refractivity contribution in [2.24, 2.45) is 22.2 Å². The highest BCUT2D eigenvalue weighted by Crippen LogP contribution is 2.19. The molecule has 2 aromatic carbocycles. The molecule has 3 amide bonds. The summed E-state index contributed by atoms with van der Waals surface area (Å²) in [7, 11) is 0. The molecule has 0 heterocycles. The molecule has 0 fully saturated rings. The molecule has 194 valence electrons. The van der Waals surface area contributed by atoms with Crippen LogP contribution in [0.4, 0.5) is 0 Å². The Bertz CT molecular complexity index is 1020. The van der Waals surface area contributed by atoms with Crippen molar-refractivity contribution < 1.29 is 24.3 Å². The molecule has 11 nitrogen and oxygen atoms in total. The van der Waals surface area contributed by atoms with Crippen LogP contribution in [0.5, 0.6) is 0 Å². The van der Waals surface area contributed by atoms with Crippen LogP contribution in [0.2, 0.25) is 0 Å². The predicted octanol–water partition coefficient (Wildman–Crippen LogP) is 0.517. The van der Waals surface area contributed by atoms with Gasteiger partial charge < -0.3 is 32.9 Å². The first-order chi connectivity index (χ1) is 17.1. The van der Waals surface area contributed by atoms with E-state index >= 15 is 0 Å². The van der Waals surface area contributed by atoms with Crippen LogP contribution in [-0.4, -0.2) is 53.9 Å². The Morgan fingerprint density at radius 1 is 0.944 bits per heavy atom. The number of rotatable bonds is 12. The van der Waals surface area contributed by atoms with Gasteiger partial charge in [0.25, 0.3) is 0 Å². The van der Waals surface area contributed by atoms with Crippen molar-refractivity contribution >= 4 is 29.7 Å². The van der Waals surface area contributed by atoms with E-state index in [9.17, 15) is 19.2 Å². The predicted molar refractivity (Wildman–Crippen MR) is 138 cm³/mol. The molecule has 0 saturated heterocycles. The number of nitrogens with zero attached hydrogens (tertiary/aromatic N) is 1. The molecule has 2 aromatic rings. The van der Waals surface area contributed by atoms with Crippen molar-refractivity contribution in [3.8, 4) is 11.1 Å². The minimum atomic E-state index is -0.850. The van der Waals surface area contributed by atoms with Crippen molar-refractivity contribution in [2.75, 3.05) is 13.1 Å². The van der Waals surface area contributed by atoms with Gasteiger partial charge in [-0.25, -0.2) is 0 Å². The third kappa shape index (κ3) is 12.7. The summed E-state index contributed by atoms with van der Waals surface area (Å²) in [4.78, 5) is 49.0. The van der Waals surface area contributed by atoms with E-state index in [4.69, 9.17) is 22.3 Å². The van der Waals surface area contributed by atoms with E-state index in [-0.39, 0.29) is 37.7 Å². The van der Waals surface area contributed by atoms with Gasteiger partial charge in [0, 0.05) is 25.8 Å². The molecule has 0 aliphatic carbocycles. The third-order valence-corrected chi connectivity index (χ3v) is 4.75. The Kier molecular flexibility index (Phi) is 13.4. The molecule has 0 bridgehead atoms. The Morgan fingerprint density at radius 3 is 2.06 bits per heavy atom. The molecule has 1 unspecified atom stereocenters.